The molecular formula is C14H15N3O2S. The van der Waals surface area contributed by atoms with Gasteiger partial charge in [-0.3, -0.25) is 4.90 Å². The van der Waals surface area contributed by atoms with Gasteiger partial charge < -0.3 is 15.2 Å². The van der Waals surface area contributed by atoms with Gasteiger partial charge in [0, 0.05) is 49.1 Å². The van der Waals surface area contributed by atoms with Crippen molar-refractivity contribution in [3.63, 3.8) is 0 Å². The van der Waals surface area contributed by atoms with Crippen LogP contribution in [0.3, 0.4) is 0 Å². The van der Waals surface area contributed by atoms with E-state index in [1.807, 2.05) is 6.20 Å². The largest absolute Gasteiger partial charge is 0.508 e. The van der Waals surface area contributed by atoms with E-state index in [0.29, 0.717) is 11.3 Å². The zero-order valence-corrected chi connectivity index (χ0v) is 11.7. The minimum absolute atomic E-state index is 0.168. The summed E-state index contributed by atoms with van der Waals surface area (Å²) in [6.45, 7) is 2.22. The number of nitrogens with one attached hydrogen (secondary N) is 1. The smallest absolute Gasteiger partial charge is 0.196 e. The lowest BCUT2D eigenvalue weighted by atomic mass is 10.1. The van der Waals surface area contributed by atoms with E-state index >= 15 is 0 Å². The molecule has 20 heavy (non-hydrogen) atoms. The second-order valence-electron chi connectivity index (χ2n) is 4.97. The van der Waals surface area contributed by atoms with Crippen LogP contribution in [0.2, 0.25) is 0 Å². The van der Waals surface area contributed by atoms with Crippen molar-refractivity contribution in [3.8, 4) is 11.5 Å². The van der Waals surface area contributed by atoms with E-state index in [1.165, 1.54) is 12.1 Å². The van der Waals surface area contributed by atoms with Gasteiger partial charge in [0.25, 0.3) is 0 Å². The van der Waals surface area contributed by atoms with Crippen LogP contribution in [-0.2, 0) is 19.5 Å². The van der Waals surface area contributed by atoms with Gasteiger partial charge in [-0.05, 0) is 30.4 Å². The van der Waals surface area contributed by atoms with E-state index in [2.05, 4.69) is 14.9 Å². The van der Waals surface area contributed by atoms with Crippen LogP contribution in [-0.4, -0.2) is 31.6 Å². The number of hydrogen-bond acceptors (Lipinski definition) is 5. The van der Waals surface area contributed by atoms with Crippen molar-refractivity contribution in [2.45, 2.75) is 19.5 Å². The number of fused-ring (bicyclic) bond motifs is 1. The van der Waals surface area contributed by atoms with Gasteiger partial charge in [0.1, 0.15) is 11.5 Å². The van der Waals surface area contributed by atoms with Crippen molar-refractivity contribution < 1.29 is 10.2 Å². The van der Waals surface area contributed by atoms with Crippen LogP contribution < -0.4 is 0 Å². The summed E-state index contributed by atoms with van der Waals surface area (Å²) in [5.41, 5.74) is 3.00. The molecule has 1 aromatic heterocycles. The SMILES string of the molecule is Oc1ccc(O)c(CN2CCc3[nH]c(=S)ncc3C2)c1. The number of aromatic hydroxyl groups is 2. The Morgan fingerprint density at radius 1 is 1.35 bits per heavy atom. The van der Waals surface area contributed by atoms with E-state index in [-0.39, 0.29) is 11.5 Å². The molecule has 0 saturated heterocycles. The molecular weight excluding hydrogens is 274 g/mol. The van der Waals surface area contributed by atoms with Crippen LogP contribution in [0.15, 0.2) is 24.4 Å². The van der Waals surface area contributed by atoms with Crippen LogP contribution >= 0.6 is 12.2 Å². The second kappa shape index (κ2) is 5.22. The van der Waals surface area contributed by atoms with Crippen LogP contribution in [0, 0.1) is 4.77 Å². The fourth-order valence-electron chi connectivity index (χ4n) is 2.48. The Labute approximate surface area is 121 Å². The summed E-state index contributed by atoms with van der Waals surface area (Å²) in [6, 6.07) is 4.59. The Bertz CT molecular complexity index is 699. The first kappa shape index (κ1) is 13.1. The van der Waals surface area contributed by atoms with Gasteiger partial charge in [-0.2, -0.15) is 0 Å². The molecule has 0 spiro atoms. The number of H-pyrrole nitrogens is 1. The lowest BCUT2D eigenvalue weighted by Gasteiger charge is -2.28. The summed E-state index contributed by atoms with van der Waals surface area (Å²) in [5, 5.41) is 19.3. The van der Waals surface area contributed by atoms with Gasteiger partial charge >= 0.3 is 0 Å². The Balaban J connectivity index is 1.79. The standard InChI is InChI=1S/C14H15N3O2S/c18-11-1-2-13(19)9(5-11)7-17-4-3-12-10(8-17)6-15-14(20)16-12/h1-2,5-6,18-19H,3-4,7-8H2,(H,15,16,20). The highest BCUT2D eigenvalue weighted by molar-refractivity contribution is 7.71. The molecule has 0 fully saturated rings. The van der Waals surface area contributed by atoms with Gasteiger partial charge in [-0.25, -0.2) is 4.98 Å². The Hall–Kier alpha value is -1.92. The number of phenolic OH excluding ortho intramolecular Hbond substituents is 2. The lowest BCUT2D eigenvalue weighted by Crippen LogP contribution is -2.30. The average Bonchev–Trinajstić information content (AvgIpc) is 2.43. The zero-order valence-electron chi connectivity index (χ0n) is 10.8. The summed E-state index contributed by atoms with van der Waals surface area (Å²) in [4.78, 5) is 9.43. The average molecular weight is 289 g/mol. The summed E-state index contributed by atoms with van der Waals surface area (Å²) in [7, 11) is 0. The number of benzene rings is 1. The van der Waals surface area contributed by atoms with Gasteiger partial charge in [-0.15, -0.1) is 0 Å². The number of rotatable bonds is 2. The van der Waals surface area contributed by atoms with Crippen LogP contribution in [0.5, 0.6) is 11.5 Å². The third kappa shape index (κ3) is 2.66. The summed E-state index contributed by atoms with van der Waals surface area (Å²) >= 11 is 5.02. The number of hydrogen-bond donors (Lipinski definition) is 3. The number of phenols is 2. The molecule has 1 aliphatic heterocycles. The monoisotopic (exact) mass is 289 g/mol. The summed E-state index contributed by atoms with van der Waals surface area (Å²) in [5.74, 6) is 0.375. The van der Waals surface area contributed by atoms with Crippen LogP contribution in [0.1, 0.15) is 16.8 Å². The van der Waals surface area contributed by atoms with Gasteiger partial charge in [0.2, 0.25) is 0 Å². The van der Waals surface area contributed by atoms with Crippen LogP contribution in [0.25, 0.3) is 0 Å². The normalized spacial score (nSPS) is 15.0. The molecule has 2 aromatic rings. The maximum absolute atomic E-state index is 9.83. The summed E-state index contributed by atoms with van der Waals surface area (Å²) < 4.78 is 0.517. The fourth-order valence-corrected chi connectivity index (χ4v) is 2.66. The van der Waals surface area contributed by atoms with Crippen molar-refractivity contribution in [2.75, 3.05) is 6.54 Å². The fraction of sp³-hybridized carbons (Fsp3) is 0.286. The first-order chi connectivity index (χ1) is 9.61. The van der Waals surface area contributed by atoms with Crippen molar-refractivity contribution >= 4 is 12.2 Å². The molecule has 0 saturated carbocycles. The molecule has 3 rings (SSSR count). The minimum atomic E-state index is 0.168. The zero-order chi connectivity index (χ0) is 14.1. The van der Waals surface area contributed by atoms with E-state index in [4.69, 9.17) is 12.2 Å². The highest BCUT2D eigenvalue weighted by atomic mass is 32.1. The molecule has 6 heteroatoms. The maximum atomic E-state index is 9.83. The van der Waals surface area contributed by atoms with Crippen molar-refractivity contribution in [3.05, 3.63) is 46.0 Å². The Kier molecular flexibility index (Phi) is 3.42. The molecule has 0 unspecified atom stereocenters. The quantitative estimate of drug-likeness (QED) is 0.583. The van der Waals surface area contributed by atoms with Gasteiger partial charge in [0.05, 0.1) is 0 Å². The molecule has 5 nitrogen and oxygen atoms in total. The molecule has 104 valence electrons. The molecule has 2 heterocycles. The van der Waals surface area contributed by atoms with Crippen molar-refractivity contribution in [2.24, 2.45) is 0 Å². The number of nitrogens with zero attached hydrogens (tertiary/aromatic N) is 2. The van der Waals surface area contributed by atoms with Crippen molar-refractivity contribution in [1.82, 2.24) is 14.9 Å². The topological polar surface area (TPSA) is 72.4 Å². The Morgan fingerprint density at radius 2 is 2.20 bits per heavy atom. The second-order valence-corrected chi connectivity index (χ2v) is 5.35. The van der Waals surface area contributed by atoms with E-state index in [0.717, 1.165) is 36.3 Å². The summed E-state index contributed by atoms with van der Waals surface area (Å²) in [6.07, 6.45) is 2.68. The third-order valence-electron chi connectivity index (χ3n) is 3.51. The molecule has 0 aliphatic carbocycles. The number of aromatic nitrogens is 2. The molecule has 0 bridgehead atoms. The highest BCUT2D eigenvalue weighted by Gasteiger charge is 2.18. The van der Waals surface area contributed by atoms with E-state index < -0.39 is 0 Å². The number of aromatic amines is 1. The van der Waals surface area contributed by atoms with E-state index in [1.54, 1.807) is 6.07 Å². The highest BCUT2D eigenvalue weighted by Crippen LogP contribution is 2.25. The minimum Gasteiger partial charge on any atom is -0.508 e. The van der Waals surface area contributed by atoms with Crippen molar-refractivity contribution in [1.29, 1.82) is 0 Å². The lowest BCUT2D eigenvalue weighted by molar-refractivity contribution is 0.239. The van der Waals surface area contributed by atoms with Crippen LogP contribution in [0.4, 0.5) is 0 Å². The van der Waals surface area contributed by atoms with Gasteiger partial charge in [-0.1, -0.05) is 0 Å². The predicted molar refractivity (Wildman–Crippen MR) is 77.0 cm³/mol. The first-order valence-electron chi connectivity index (χ1n) is 6.42. The molecule has 3 N–H and O–H groups in total. The predicted octanol–water partition coefficient (Wildman–Crippen LogP) is 2.11. The first-order valence-corrected chi connectivity index (χ1v) is 6.83. The van der Waals surface area contributed by atoms with E-state index in [9.17, 15) is 10.2 Å². The molecule has 0 radical (unpaired) electrons. The third-order valence-corrected chi connectivity index (χ3v) is 3.72. The molecule has 1 aliphatic rings. The molecule has 0 amide bonds. The molecule has 0 atom stereocenters. The maximum Gasteiger partial charge on any atom is 0.196 e. The Morgan fingerprint density at radius 3 is 3.05 bits per heavy atom. The van der Waals surface area contributed by atoms with Gasteiger partial charge in [0.15, 0.2) is 4.77 Å². The molecule has 1 aromatic carbocycles.